The molecule has 20 heavy (non-hydrogen) atoms. The van der Waals surface area contributed by atoms with Crippen LogP contribution in [-0.4, -0.2) is 36.2 Å². The molecule has 5 nitrogen and oxygen atoms in total. The van der Waals surface area contributed by atoms with Gasteiger partial charge in [-0.05, 0) is 29.0 Å². The number of carbonyl (C=O) groups is 2. The normalized spacial score (nSPS) is 17.3. The standard InChI is InChI=1S/C14H16N2O3S/c1-19-9-11-5-3-2-4-10(11)8-12-13(17)16(7-6-15)14(18)20-12/h2-5,8H,6-7,9,15H2,1H3. The van der Waals surface area contributed by atoms with E-state index in [1.165, 1.54) is 4.90 Å². The smallest absolute Gasteiger partial charge is 0.293 e. The van der Waals surface area contributed by atoms with Gasteiger partial charge in [0.1, 0.15) is 0 Å². The van der Waals surface area contributed by atoms with Crippen LogP contribution in [0.25, 0.3) is 6.08 Å². The van der Waals surface area contributed by atoms with Gasteiger partial charge in [0.05, 0.1) is 11.5 Å². The van der Waals surface area contributed by atoms with Crippen molar-refractivity contribution in [3.63, 3.8) is 0 Å². The van der Waals surface area contributed by atoms with Crippen LogP contribution in [0, 0.1) is 0 Å². The van der Waals surface area contributed by atoms with Crippen LogP contribution < -0.4 is 5.73 Å². The molecule has 0 bridgehead atoms. The molecule has 2 N–H and O–H groups in total. The minimum Gasteiger partial charge on any atom is -0.380 e. The highest BCUT2D eigenvalue weighted by atomic mass is 32.2. The van der Waals surface area contributed by atoms with Crippen molar-refractivity contribution >= 4 is 29.0 Å². The van der Waals surface area contributed by atoms with Crippen LogP contribution in [0.2, 0.25) is 0 Å². The topological polar surface area (TPSA) is 72.6 Å². The molecule has 1 aliphatic rings. The molecule has 2 amide bonds. The number of hydrogen-bond donors (Lipinski definition) is 1. The van der Waals surface area contributed by atoms with E-state index in [4.69, 9.17) is 10.5 Å². The van der Waals surface area contributed by atoms with Gasteiger partial charge < -0.3 is 10.5 Å². The van der Waals surface area contributed by atoms with Crippen molar-refractivity contribution in [2.24, 2.45) is 5.73 Å². The van der Waals surface area contributed by atoms with E-state index >= 15 is 0 Å². The van der Waals surface area contributed by atoms with Crippen LogP contribution >= 0.6 is 11.8 Å². The highest BCUT2D eigenvalue weighted by Gasteiger charge is 2.34. The molecule has 1 aromatic rings. The molecule has 0 radical (unpaired) electrons. The molecule has 0 atom stereocenters. The number of methoxy groups -OCH3 is 1. The zero-order chi connectivity index (χ0) is 14.5. The molecule has 0 spiro atoms. The first-order chi connectivity index (χ1) is 9.67. The van der Waals surface area contributed by atoms with E-state index in [9.17, 15) is 9.59 Å². The zero-order valence-corrected chi connectivity index (χ0v) is 12.0. The summed E-state index contributed by atoms with van der Waals surface area (Å²) in [4.78, 5) is 25.4. The number of thioether (sulfide) groups is 1. The fraction of sp³-hybridized carbons (Fsp3) is 0.286. The Kier molecular flexibility index (Phi) is 4.94. The van der Waals surface area contributed by atoms with Gasteiger partial charge in [-0.1, -0.05) is 24.3 Å². The third-order valence-corrected chi connectivity index (χ3v) is 3.78. The van der Waals surface area contributed by atoms with E-state index in [1.54, 1.807) is 13.2 Å². The first-order valence-corrected chi connectivity index (χ1v) is 7.01. The van der Waals surface area contributed by atoms with Crippen molar-refractivity contribution in [1.82, 2.24) is 4.90 Å². The summed E-state index contributed by atoms with van der Waals surface area (Å²) in [6, 6.07) is 7.62. The number of nitrogens with two attached hydrogens (primary N) is 1. The van der Waals surface area contributed by atoms with Crippen molar-refractivity contribution in [3.8, 4) is 0 Å². The van der Waals surface area contributed by atoms with Crippen molar-refractivity contribution in [2.45, 2.75) is 6.61 Å². The quantitative estimate of drug-likeness (QED) is 0.838. The summed E-state index contributed by atoms with van der Waals surface area (Å²) in [5, 5.41) is -0.268. The van der Waals surface area contributed by atoms with Crippen molar-refractivity contribution in [3.05, 3.63) is 40.3 Å². The van der Waals surface area contributed by atoms with Crippen LogP contribution in [0.5, 0.6) is 0 Å². The van der Waals surface area contributed by atoms with Gasteiger partial charge in [0.15, 0.2) is 0 Å². The van der Waals surface area contributed by atoms with Crippen LogP contribution in [0.1, 0.15) is 11.1 Å². The number of benzene rings is 1. The first-order valence-electron chi connectivity index (χ1n) is 6.19. The maximum atomic E-state index is 12.1. The van der Waals surface area contributed by atoms with E-state index in [1.807, 2.05) is 24.3 Å². The van der Waals surface area contributed by atoms with E-state index in [0.717, 1.165) is 22.9 Å². The average Bonchev–Trinajstić information content (AvgIpc) is 2.69. The molecule has 1 saturated heterocycles. The van der Waals surface area contributed by atoms with Crippen LogP contribution in [0.3, 0.4) is 0 Å². The third kappa shape index (κ3) is 3.09. The molecule has 0 aromatic heterocycles. The highest BCUT2D eigenvalue weighted by Crippen LogP contribution is 2.32. The van der Waals surface area contributed by atoms with Gasteiger partial charge in [0.25, 0.3) is 11.1 Å². The summed E-state index contributed by atoms with van der Waals surface area (Å²) in [6.07, 6.45) is 1.73. The van der Waals surface area contributed by atoms with Crippen molar-refractivity contribution < 1.29 is 14.3 Å². The lowest BCUT2D eigenvalue weighted by Gasteiger charge is -2.09. The molecule has 1 aromatic carbocycles. The summed E-state index contributed by atoms with van der Waals surface area (Å²) in [6.45, 7) is 0.979. The Balaban J connectivity index is 2.28. The SMILES string of the molecule is COCc1ccccc1C=C1SC(=O)N(CCN)C1=O. The fourth-order valence-corrected chi connectivity index (χ4v) is 2.78. The molecular weight excluding hydrogens is 276 g/mol. The molecule has 0 unspecified atom stereocenters. The largest absolute Gasteiger partial charge is 0.380 e. The maximum Gasteiger partial charge on any atom is 0.293 e. The monoisotopic (exact) mass is 292 g/mol. The minimum absolute atomic E-state index is 0.252. The first kappa shape index (κ1) is 14.8. The summed E-state index contributed by atoms with van der Waals surface area (Å²) < 4.78 is 5.13. The minimum atomic E-state index is -0.280. The second-order valence-corrected chi connectivity index (χ2v) is 5.25. The highest BCUT2D eigenvalue weighted by molar-refractivity contribution is 8.18. The van der Waals surface area contributed by atoms with Gasteiger partial charge in [-0.25, -0.2) is 0 Å². The molecule has 1 aliphatic heterocycles. The molecule has 0 aliphatic carbocycles. The summed E-state index contributed by atoms with van der Waals surface area (Å²) in [5.41, 5.74) is 7.26. The van der Waals surface area contributed by atoms with Gasteiger partial charge in [-0.3, -0.25) is 14.5 Å². The van der Waals surface area contributed by atoms with Crippen molar-refractivity contribution in [2.75, 3.05) is 20.2 Å². The lowest BCUT2D eigenvalue weighted by Crippen LogP contribution is -2.33. The third-order valence-electron chi connectivity index (χ3n) is 2.87. The van der Waals surface area contributed by atoms with Crippen LogP contribution in [-0.2, 0) is 16.1 Å². The number of ether oxygens (including phenoxy) is 1. The average molecular weight is 292 g/mol. The van der Waals surface area contributed by atoms with E-state index < -0.39 is 0 Å². The number of imide groups is 1. The van der Waals surface area contributed by atoms with E-state index in [2.05, 4.69) is 0 Å². The number of rotatable bonds is 5. The molecule has 6 heteroatoms. The predicted molar refractivity (Wildman–Crippen MR) is 78.9 cm³/mol. The Morgan fingerprint density at radius 1 is 1.35 bits per heavy atom. The molecule has 2 rings (SSSR count). The Morgan fingerprint density at radius 2 is 2.10 bits per heavy atom. The van der Waals surface area contributed by atoms with Crippen LogP contribution in [0.4, 0.5) is 4.79 Å². The lowest BCUT2D eigenvalue weighted by molar-refractivity contribution is -0.122. The van der Waals surface area contributed by atoms with Gasteiger partial charge in [-0.2, -0.15) is 0 Å². The number of nitrogens with zero attached hydrogens (tertiary/aromatic N) is 1. The fourth-order valence-electron chi connectivity index (χ4n) is 1.93. The molecule has 0 saturated carbocycles. The van der Waals surface area contributed by atoms with Gasteiger partial charge >= 0.3 is 0 Å². The van der Waals surface area contributed by atoms with E-state index in [-0.39, 0.29) is 24.2 Å². The second kappa shape index (κ2) is 6.69. The number of amides is 2. The Labute approximate surface area is 121 Å². The number of hydrogen-bond acceptors (Lipinski definition) is 5. The molecule has 1 heterocycles. The Bertz CT molecular complexity index is 557. The second-order valence-electron chi connectivity index (χ2n) is 4.25. The molecule has 106 valence electrons. The molecule has 1 fully saturated rings. The zero-order valence-electron chi connectivity index (χ0n) is 11.2. The Morgan fingerprint density at radius 3 is 2.80 bits per heavy atom. The predicted octanol–water partition coefficient (Wildman–Crippen LogP) is 1.83. The number of carbonyl (C=O) groups excluding carboxylic acids is 2. The lowest BCUT2D eigenvalue weighted by atomic mass is 10.1. The van der Waals surface area contributed by atoms with Gasteiger partial charge in [0, 0.05) is 20.2 Å². The maximum absolute atomic E-state index is 12.1. The Hall–Kier alpha value is -1.63. The summed E-state index contributed by atoms with van der Waals surface area (Å²) >= 11 is 0.946. The van der Waals surface area contributed by atoms with Crippen LogP contribution in [0.15, 0.2) is 29.2 Å². The van der Waals surface area contributed by atoms with Crippen molar-refractivity contribution in [1.29, 1.82) is 0 Å². The van der Waals surface area contributed by atoms with Gasteiger partial charge in [-0.15, -0.1) is 0 Å². The van der Waals surface area contributed by atoms with E-state index in [0.29, 0.717) is 11.5 Å². The summed E-state index contributed by atoms with van der Waals surface area (Å²) in [7, 11) is 1.62. The molecular formula is C14H16N2O3S. The van der Waals surface area contributed by atoms with Gasteiger partial charge in [0.2, 0.25) is 0 Å². The summed E-state index contributed by atoms with van der Waals surface area (Å²) in [5.74, 6) is -0.280.